The van der Waals surface area contributed by atoms with Crippen molar-refractivity contribution < 1.29 is 18.3 Å². The molecule has 0 saturated carbocycles. The number of rotatable bonds is 7. The van der Waals surface area contributed by atoms with Crippen molar-refractivity contribution in [3.8, 4) is 11.5 Å². The molecule has 1 N–H and O–H groups in total. The largest absolute Gasteiger partial charge is 0.494 e. The standard InChI is InChI=1S/C22H23F2N3O3/c1-5-30-19-9-13(2)18(8-14(19)3)25-22-26-21(28)20(29-4)12-27(22)11-15-6-7-16(23)17(24)10-15/h6-10,12H,5,11H2,1-4H3,(H,25,26,28). The van der Waals surface area contributed by atoms with Gasteiger partial charge in [0.1, 0.15) is 5.75 Å². The first-order valence-corrected chi connectivity index (χ1v) is 9.42. The highest BCUT2D eigenvalue weighted by molar-refractivity contribution is 5.62. The van der Waals surface area contributed by atoms with Crippen LogP contribution in [0, 0.1) is 25.5 Å². The van der Waals surface area contributed by atoms with E-state index in [1.54, 1.807) is 4.57 Å². The number of nitrogens with one attached hydrogen (secondary N) is 1. The Morgan fingerprint density at radius 3 is 2.50 bits per heavy atom. The Labute approximate surface area is 173 Å². The summed E-state index contributed by atoms with van der Waals surface area (Å²) < 4.78 is 39.2. The van der Waals surface area contributed by atoms with Crippen LogP contribution in [0.3, 0.4) is 0 Å². The van der Waals surface area contributed by atoms with Crippen LogP contribution in [0.5, 0.6) is 11.5 Å². The third kappa shape index (κ3) is 4.59. The van der Waals surface area contributed by atoms with Crippen molar-refractivity contribution >= 4 is 11.6 Å². The van der Waals surface area contributed by atoms with Crippen molar-refractivity contribution in [1.29, 1.82) is 0 Å². The Morgan fingerprint density at radius 2 is 1.83 bits per heavy atom. The molecule has 6 nitrogen and oxygen atoms in total. The fourth-order valence-electron chi connectivity index (χ4n) is 3.02. The third-order valence-electron chi connectivity index (χ3n) is 4.59. The number of anilines is 2. The summed E-state index contributed by atoms with van der Waals surface area (Å²) in [6.07, 6.45) is 1.48. The molecule has 1 heterocycles. The summed E-state index contributed by atoms with van der Waals surface area (Å²) in [6.45, 7) is 6.45. The number of ether oxygens (including phenoxy) is 2. The lowest BCUT2D eigenvalue weighted by Crippen LogP contribution is -2.19. The lowest BCUT2D eigenvalue weighted by Gasteiger charge is -2.18. The molecule has 0 spiro atoms. The monoisotopic (exact) mass is 415 g/mol. The average molecular weight is 415 g/mol. The van der Waals surface area contributed by atoms with Crippen molar-refractivity contribution in [2.24, 2.45) is 0 Å². The van der Waals surface area contributed by atoms with Crippen LogP contribution >= 0.6 is 0 Å². The first-order chi connectivity index (χ1) is 14.3. The van der Waals surface area contributed by atoms with Crippen molar-refractivity contribution in [2.75, 3.05) is 19.0 Å². The van der Waals surface area contributed by atoms with Gasteiger partial charge in [0.05, 0.1) is 26.5 Å². The van der Waals surface area contributed by atoms with E-state index < -0.39 is 17.2 Å². The molecule has 0 fully saturated rings. The van der Waals surface area contributed by atoms with Crippen LogP contribution in [0.15, 0.2) is 41.3 Å². The van der Waals surface area contributed by atoms with E-state index >= 15 is 0 Å². The van der Waals surface area contributed by atoms with E-state index in [2.05, 4.69) is 10.3 Å². The molecule has 0 aliphatic rings. The molecular formula is C22H23F2N3O3. The molecule has 0 amide bonds. The van der Waals surface area contributed by atoms with Crippen LogP contribution in [-0.4, -0.2) is 23.3 Å². The van der Waals surface area contributed by atoms with E-state index in [1.165, 1.54) is 19.4 Å². The highest BCUT2D eigenvalue weighted by Crippen LogP contribution is 2.28. The second-order valence-corrected chi connectivity index (χ2v) is 6.81. The third-order valence-corrected chi connectivity index (χ3v) is 4.59. The van der Waals surface area contributed by atoms with E-state index in [-0.39, 0.29) is 18.2 Å². The van der Waals surface area contributed by atoms with E-state index in [9.17, 15) is 13.6 Å². The molecule has 2 aromatic carbocycles. The van der Waals surface area contributed by atoms with Gasteiger partial charge in [0.25, 0.3) is 0 Å². The zero-order valence-electron chi connectivity index (χ0n) is 17.3. The van der Waals surface area contributed by atoms with Gasteiger partial charge in [0.2, 0.25) is 11.7 Å². The predicted molar refractivity (Wildman–Crippen MR) is 111 cm³/mol. The Morgan fingerprint density at radius 1 is 1.07 bits per heavy atom. The topological polar surface area (TPSA) is 65.4 Å². The van der Waals surface area contributed by atoms with E-state index in [1.807, 2.05) is 32.9 Å². The van der Waals surface area contributed by atoms with Gasteiger partial charge in [-0.2, -0.15) is 4.98 Å². The van der Waals surface area contributed by atoms with Gasteiger partial charge >= 0.3 is 5.56 Å². The normalized spacial score (nSPS) is 10.7. The van der Waals surface area contributed by atoms with Crippen molar-refractivity contribution in [1.82, 2.24) is 9.55 Å². The fraction of sp³-hybridized carbons (Fsp3) is 0.273. The Hall–Kier alpha value is -3.42. The molecule has 0 aliphatic carbocycles. The SMILES string of the molecule is CCOc1cc(C)c(Nc2nc(=O)c(OC)cn2Cc2ccc(F)c(F)c2)cc1C. The molecule has 0 bridgehead atoms. The maximum atomic E-state index is 13.6. The molecule has 3 aromatic rings. The highest BCUT2D eigenvalue weighted by atomic mass is 19.2. The number of aromatic nitrogens is 2. The van der Waals surface area contributed by atoms with Gasteiger partial charge < -0.3 is 19.4 Å². The average Bonchev–Trinajstić information content (AvgIpc) is 2.70. The van der Waals surface area contributed by atoms with Gasteiger partial charge in [-0.05, 0) is 61.7 Å². The summed E-state index contributed by atoms with van der Waals surface area (Å²) in [6, 6.07) is 7.45. The van der Waals surface area contributed by atoms with Gasteiger partial charge in [0.15, 0.2) is 11.6 Å². The number of aryl methyl sites for hydroxylation is 2. The summed E-state index contributed by atoms with van der Waals surface area (Å²) in [5.74, 6) is -0.795. The summed E-state index contributed by atoms with van der Waals surface area (Å²) in [5.41, 5.74) is 2.53. The lowest BCUT2D eigenvalue weighted by molar-refractivity contribution is 0.337. The number of methoxy groups -OCH3 is 1. The molecule has 0 saturated heterocycles. The lowest BCUT2D eigenvalue weighted by atomic mass is 10.1. The van der Waals surface area contributed by atoms with E-state index in [4.69, 9.17) is 9.47 Å². The number of hydrogen-bond acceptors (Lipinski definition) is 5. The zero-order chi connectivity index (χ0) is 21.8. The van der Waals surface area contributed by atoms with Crippen LogP contribution in [0.4, 0.5) is 20.4 Å². The maximum Gasteiger partial charge on any atom is 0.316 e. The van der Waals surface area contributed by atoms with Gasteiger partial charge in [-0.1, -0.05) is 6.07 Å². The first kappa shape index (κ1) is 21.3. The van der Waals surface area contributed by atoms with Crippen LogP contribution in [0.1, 0.15) is 23.6 Å². The molecular weight excluding hydrogens is 392 g/mol. The zero-order valence-corrected chi connectivity index (χ0v) is 17.3. The molecule has 0 unspecified atom stereocenters. The predicted octanol–water partition coefficient (Wildman–Crippen LogP) is 4.34. The molecule has 0 aliphatic heterocycles. The van der Waals surface area contributed by atoms with Gasteiger partial charge in [-0.15, -0.1) is 0 Å². The minimum atomic E-state index is -0.944. The van der Waals surface area contributed by atoms with Crippen LogP contribution in [0.2, 0.25) is 0 Å². The smallest absolute Gasteiger partial charge is 0.316 e. The highest BCUT2D eigenvalue weighted by Gasteiger charge is 2.13. The Bertz CT molecular complexity index is 1130. The molecule has 158 valence electrons. The van der Waals surface area contributed by atoms with Gasteiger partial charge in [-0.3, -0.25) is 4.79 Å². The second-order valence-electron chi connectivity index (χ2n) is 6.81. The Kier molecular flexibility index (Phi) is 6.34. The van der Waals surface area contributed by atoms with Gasteiger partial charge in [-0.25, -0.2) is 8.78 Å². The molecule has 8 heteroatoms. The number of halogens is 2. The fourth-order valence-corrected chi connectivity index (χ4v) is 3.02. The quantitative estimate of drug-likeness (QED) is 0.622. The van der Waals surface area contributed by atoms with E-state index in [0.717, 1.165) is 34.7 Å². The number of benzene rings is 2. The summed E-state index contributed by atoms with van der Waals surface area (Å²) in [5, 5.41) is 3.16. The summed E-state index contributed by atoms with van der Waals surface area (Å²) >= 11 is 0. The Balaban J connectivity index is 2.01. The molecule has 0 atom stereocenters. The van der Waals surface area contributed by atoms with Crippen LogP contribution in [0.25, 0.3) is 0 Å². The van der Waals surface area contributed by atoms with Crippen LogP contribution < -0.4 is 20.3 Å². The number of hydrogen-bond donors (Lipinski definition) is 1. The minimum Gasteiger partial charge on any atom is -0.494 e. The summed E-state index contributed by atoms with van der Waals surface area (Å²) in [7, 11) is 1.37. The molecule has 3 rings (SSSR count). The van der Waals surface area contributed by atoms with Crippen LogP contribution in [-0.2, 0) is 6.54 Å². The minimum absolute atomic E-state index is 0.0442. The number of nitrogens with zero attached hydrogens (tertiary/aromatic N) is 2. The first-order valence-electron chi connectivity index (χ1n) is 9.42. The van der Waals surface area contributed by atoms with Crippen molar-refractivity contribution in [3.63, 3.8) is 0 Å². The maximum absolute atomic E-state index is 13.6. The second kappa shape index (κ2) is 8.94. The molecule has 30 heavy (non-hydrogen) atoms. The van der Waals surface area contributed by atoms with Crippen molar-refractivity contribution in [3.05, 3.63) is 75.2 Å². The summed E-state index contributed by atoms with van der Waals surface area (Å²) in [4.78, 5) is 16.3. The van der Waals surface area contributed by atoms with Gasteiger partial charge in [0, 0.05) is 5.69 Å². The van der Waals surface area contributed by atoms with E-state index in [0.29, 0.717) is 12.2 Å². The molecule has 1 aromatic heterocycles. The molecule has 0 radical (unpaired) electrons. The van der Waals surface area contributed by atoms with Crippen molar-refractivity contribution in [2.45, 2.75) is 27.3 Å².